The van der Waals surface area contributed by atoms with Gasteiger partial charge < -0.3 is 0 Å². The molecular formula is C15H23N3. The molecule has 3 nitrogen and oxygen atoms in total. The molecule has 0 saturated carbocycles. The van der Waals surface area contributed by atoms with E-state index >= 15 is 0 Å². The fourth-order valence-corrected chi connectivity index (χ4v) is 2.10. The Labute approximate surface area is 110 Å². The van der Waals surface area contributed by atoms with Crippen LogP contribution in [0.5, 0.6) is 0 Å². The third-order valence-corrected chi connectivity index (χ3v) is 3.33. The molecule has 0 spiro atoms. The van der Waals surface area contributed by atoms with Gasteiger partial charge >= 0.3 is 0 Å². The molecule has 98 valence electrons. The van der Waals surface area contributed by atoms with E-state index in [9.17, 15) is 0 Å². The van der Waals surface area contributed by atoms with E-state index in [0.717, 1.165) is 12.2 Å². The third-order valence-electron chi connectivity index (χ3n) is 3.33. The number of hydrogen-bond donors (Lipinski definition) is 1. The topological polar surface area (TPSA) is 18.5 Å². The Morgan fingerprint density at radius 2 is 1.72 bits per heavy atom. The molecule has 0 aliphatic carbocycles. The van der Waals surface area contributed by atoms with E-state index in [0.29, 0.717) is 0 Å². The smallest absolute Gasteiger partial charge is 0.0754 e. The molecule has 1 aliphatic heterocycles. The summed E-state index contributed by atoms with van der Waals surface area (Å²) >= 11 is 0. The second-order valence-corrected chi connectivity index (χ2v) is 5.76. The van der Waals surface area contributed by atoms with Crippen molar-refractivity contribution in [3.8, 4) is 0 Å². The van der Waals surface area contributed by atoms with E-state index in [1.54, 1.807) is 0 Å². The molecule has 0 fully saturated rings. The van der Waals surface area contributed by atoms with Crippen molar-refractivity contribution in [3.05, 3.63) is 41.6 Å². The molecule has 0 amide bonds. The van der Waals surface area contributed by atoms with Gasteiger partial charge in [-0.2, -0.15) is 0 Å². The molecule has 2 rings (SSSR count). The van der Waals surface area contributed by atoms with Crippen LogP contribution in [0.1, 0.15) is 38.8 Å². The number of rotatable bonds is 2. The van der Waals surface area contributed by atoms with Crippen LogP contribution in [0.4, 0.5) is 0 Å². The summed E-state index contributed by atoms with van der Waals surface area (Å²) in [4.78, 5) is 0. The van der Waals surface area contributed by atoms with Crippen LogP contribution in [-0.4, -0.2) is 23.7 Å². The molecule has 1 aromatic carbocycles. The first-order chi connectivity index (χ1) is 8.41. The summed E-state index contributed by atoms with van der Waals surface area (Å²) in [7, 11) is 2.02. The van der Waals surface area contributed by atoms with Crippen molar-refractivity contribution in [1.82, 2.24) is 15.6 Å². The standard InChI is InChI=1S/C15H23N3/c1-6-18-11-14(16-17(18)5)12-7-9-13(10-8-12)15(2,3)4/h7-11,16H,6H2,1-5H3. The average molecular weight is 245 g/mol. The minimum Gasteiger partial charge on any atom is -0.299 e. The zero-order valence-corrected chi connectivity index (χ0v) is 12.0. The van der Waals surface area contributed by atoms with Gasteiger partial charge in [-0.3, -0.25) is 10.4 Å². The number of hydrazine groups is 2. The fourth-order valence-electron chi connectivity index (χ4n) is 2.10. The lowest BCUT2D eigenvalue weighted by Crippen LogP contribution is -2.38. The molecule has 0 unspecified atom stereocenters. The van der Waals surface area contributed by atoms with Crippen molar-refractivity contribution in [2.24, 2.45) is 0 Å². The van der Waals surface area contributed by atoms with Gasteiger partial charge in [-0.1, -0.05) is 45.0 Å². The summed E-state index contributed by atoms with van der Waals surface area (Å²) in [6.45, 7) is 9.82. The van der Waals surface area contributed by atoms with Gasteiger partial charge in [0.2, 0.25) is 0 Å². The van der Waals surface area contributed by atoms with E-state index < -0.39 is 0 Å². The van der Waals surface area contributed by atoms with Crippen molar-refractivity contribution < 1.29 is 0 Å². The fraction of sp³-hybridized carbons (Fsp3) is 0.467. The van der Waals surface area contributed by atoms with Crippen LogP contribution >= 0.6 is 0 Å². The molecule has 1 aliphatic rings. The molecule has 18 heavy (non-hydrogen) atoms. The Morgan fingerprint density at radius 1 is 1.11 bits per heavy atom. The average Bonchev–Trinajstić information content (AvgIpc) is 2.69. The number of nitrogens with one attached hydrogen (secondary N) is 1. The van der Waals surface area contributed by atoms with Crippen LogP contribution in [0.3, 0.4) is 0 Å². The van der Waals surface area contributed by atoms with Crippen LogP contribution < -0.4 is 5.43 Å². The number of benzene rings is 1. The minimum atomic E-state index is 0.211. The molecule has 1 N–H and O–H groups in total. The largest absolute Gasteiger partial charge is 0.299 e. The normalized spacial score (nSPS) is 16.7. The zero-order valence-electron chi connectivity index (χ0n) is 12.0. The molecule has 0 atom stereocenters. The Balaban J connectivity index is 2.21. The van der Waals surface area contributed by atoms with Gasteiger partial charge in [0.1, 0.15) is 0 Å². The minimum absolute atomic E-state index is 0.211. The van der Waals surface area contributed by atoms with E-state index in [2.05, 4.69) is 68.6 Å². The highest BCUT2D eigenvalue weighted by Crippen LogP contribution is 2.25. The molecule has 0 aromatic heterocycles. The summed E-state index contributed by atoms with van der Waals surface area (Å²) in [5.41, 5.74) is 7.31. The third kappa shape index (κ3) is 2.51. The van der Waals surface area contributed by atoms with Crippen molar-refractivity contribution in [2.75, 3.05) is 13.6 Å². The van der Waals surface area contributed by atoms with Crippen LogP contribution in [-0.2, 0) is 5.41 Å². The highest BCUT2D eigenvalue weighted by Gasteiger charge is 2.18. The predicted octanol–water partition coefficient (Wildman–Crippen LogP) is 2.97. The first kappa shape index (κ1) is 13.0. The highest BCUT2D eigenvalue weighted by atomic mass is 15.8. The van der Waals surface area contributed by atoms with E-state index in [1.807, 2.05) is 12.2 Å². The molecule has 1 aromatic rings. The predicted molar refractivity (Wildman–Crippen MR) is 76.4 cm³/mol. The molecule has 0 bridgehead atoms. The first-order valence-electron chi connectivity index (χ1n) is 6.51. The molecule has 0 saturated heterocycles. The van der Waals surface area contributed by atoms with Gasteiger partial charge in [0.25, 0.3) is 0 Å². The first-order valence-corrected chi connectivity index (χ1v) is 6.51. The Kier molecular flexibility index (Phi) is 3.35. The van der Waals surface area contributed by atoms with Crippen molar-refractivity contribution >= 4 is 5.70 Å². The quantitative estimate of drug-likeness (QED) is 0.864. The lowest BCUT2D eigenvalue weighted by Gasteiger charge is -2.22. The van der Waals surface area contributed by atoms with Crippen molar-refractivity contribution in [3.63, 3.8) is 0 Å². The van der Waals surface area contributed by atoms with E-state index in [4.69, 9.17) is 0 Å². The van der Waals surface area contributed by atoms with Gasteiger partial charge in [0, 0.05) is 25.4 Å². The summed E-state index contributed by atoms with van der Waals surface area (Å²) < 4.78 is 0. The maximum atomic E-state index is 3.35. The second-order valence-electron chi connectivity index (χ2n) is 5.76. The lowest BCUT2D eigenvalue weighted by molar-refractivity contribution is 0.0449. The Hall–Kier alpha value is -1.48. The molecule has 1 heterocycles. The summed E-state index contributed by atoms with van der Waals surface area (Å²) in [5.74, 6) is 0. The van der Waals surface area contributed by atoms with Crippen LogP contribution in [0.2, 0.25) is 0 Å². The maximum absolute atomic E-state index is 3.35. The number of nitrogens with zero attached hydrogens (tertiary/aromatic N) is 2. The SMILES string of the molecule is CCN1C=C(c2ccc(C(C)(C)C)cc2)NN1C. The monoisotopic (exact) mass is 245 g/mol. The van der Waals surface area contributed by atoms with Crippen molar-refractivity contribution in [2.45, 2.75) is 33.1 Å². The van der Waals surface area contributed by atoms with Gasteiger partial charge in [-0.25, -0.2) is 0 Å². The van der Waals surface area contributed by atoms with Crippen LogP contribution in [0.25, 0.3) is 5.70 Å². The summed E-state index contributed by atoms with van der Waals surface area (Å²) in [5, 5.41) is 4.15. The highest BCUT2D eigenvalue weighted by molar-refractivity contribution is 5.64. The summed E-state index contributed by atoms with van der Waals surface area (Å²) in [6.07, 6.45) is 2.14. The molecule has 0 radical (unpaired) electrons. The van der Waals surface area contributed by atoms with Crippen LogP contribution in [0, 0.1) is 0 Å². The van der Waals surface area contributed by atoms with Gasteiger partial charge in [0.15, 0.2) is 0 Å². The van der Waals surface area contributed by atoms with Gasteiger partial charge in [-0.15, -0.1) is 5.12 Å². The second kappa shape index (κ2) is 4.65. The van der Waals surface area contributed by atoms with E-state index in [-0.39, 0.29) is 5.41 Å². The lowest BCUT2D eigenvalue weighted by atomic mass is 9.86. The Bertz CT molecular complexity index is 440. The van der Waals surface area contributed by atoms with Gasteiger partial charge in [-0.05, 0) is 17.9 Å². The number of hydrogen-bond acceptors (Lipinski definition) is 3. The van der Waals surface area contributed by atoms with E-state index in [1.165, 1.54) is 11.1 Å². The molecular weight excluding hydrogens is 222 g/mol. The zero-order chi connectivity index (χ0) is 13.3. The van der Waals surface area contributed by atoms with Crippen molar-refractivity contribution in [1.29, 1.82) is 0 Å². The van der Waals surface area contributed by atoms with Gasteiger partial charge in [0.05, 0.1) is 5.70 Å². The maximum Gasteiger partial charge on any atom is 0.0754 e. The summed E-state index contributed by atoms with van der Waals surface area (Å²) in [6, 6.07) is 8.80. The molecule has 3 heteroatoms. The Morgan fingerprint density at radius 3 is 2.17 bits per heavy atom. The van der Waals surface area contributed by atoms with Crippen LogP contribution in [0.15, 0.2) is 30.5 Å².